The smallest absolute Gasteiger partial charge is 0.307 e. The lowest BCUT2D eigenvalue weighted by molar-refractivity contribution is -0.143. The number of carboxylic acid groups (broad SMARTS) is 1. The molecule has 2 aliphatic rings. The van der Waals surface area contributed by atoms with Crippen LogP contribution >= 0.6 is 0 Å². The van der Waals surface area contributed by atoms with Crippen molar-refractivity contribution in [3.63, 3.8) is 0 Å². The van der Waals surface area contributed by atoms with Crippen molar-refractivity contribution in [1.29, 1.82) is 0 Å². The lowest BCUT2D eigenvalue weighted by Crippen LogP contribution is -2.44. The third kappa shape index (κ3) is 1.84. The predicted molar refractivity (Wildman–Crippen MR) is 62.3 cm³/mol. The highest BCUT2D eigenvalue weighted by molar-refractivity contribution is 5.70. The van der Waals surface area contributed by atoms with E-state index in [-0.39, 0.29) is 12.0 Å². The van der Waals surface area contributed by atoms with Crippen molar-refractivity contribution in [1.82, 2.24) is 10.2 Å². The number of rotatable bonds is 3. The first kappa shape index (κ1) is 11.9. The van der Waals surface area contributed by atoms with E-state index in [0.717, 1.165) is 25.6 Å². The van der Waals surface area contributed by atoms with Gasteiger partial charge in [-0.1, -0.05) is 6.92 Å². The van der Waals surface area contributed by atoms with Gasteiger partial charge in [0.2, 0.25) is 0 Å². The maximum atomic E-state index is 11.0. The molecule has 0 spiro atoms. The van der Waals surface area contributed by atoms with Gasteiger partial charge >= 0.3 is 5.97 Å². The van der Waals surface area contributed by atoms with Crippen molar-refractivity contribution in [3.8, 4) is 0 Å². The van der Waals surface area contributed by atoms with Crippen LogP contribution in [-0.4, -0.2) is 47.7 Å². The van der Waals surface area contributed by atoms with Gasteiger partial charge in [-0.15, -0.1) is 0 Å². The Morgan fingerprint density at radius 3 is 2.69 bits per heavy atom. The van der Waals surface area contributed by atoms with Crippen LogP contribution in [0.4, 0.5) is 0 Å². The summed E-state index contributed by atoms with van der Waals surface area (Å²) in [5, 5.41) is 12.5. The minimum atomic E-state index is -0.685. The SMILES string of the molecule is CC(C(=O)O)C(C)N1CC2CNCC2C1C. The van der Waals surface area contributed by atoms with Gasteiger partial charge in [0.25, 0.3) is 0 Å². The van der Waals surface area contributed by atoms with Crippen molar-refractivity contribution >= 4 is 5.97 Å². The number of nitrogens with zero attached hydrogens (tertiary/aromatic N) is 1. The lowest BCUT2D eigenvalue weighted by atomic mass is 9.95. The van der Waals surface area contributed by atoms with Gasteiger partial charge in [0, 0.05) is 18.6 Å². The molecular formula is C12H22N2O2. The highest BCUT2D eigenvalue weighted by Gasteiger charge is 2.44. The number of hydrogen-bond donors (Lipinski definition) is 2. The summed E-state index contributed by atoms with van der Waals surface area (Å²) in [6, 6.07) is 0.648. The zero-order valence-corrected chi connectivity index (χ0v) is 10.3. The van der Waals surface area contributed by atoms with Crippen molar-refractivity contribution in [3.05, 3.63) is 0 Å². The standard InChI is InChI=1S/C12H22N2O2/c1-7(12(15)16)8(2)14-6-10-4-13-5-11(10)9(14)3/h7-11,13H,4-6H2,1-3H3,(H,15,16). The fourth-order valence-electron chi connectivity index (χ4n) is 3.23. The second-order valence-corrected chi connectivity index (χ2v) is 5.39. The van der Waals surface area contributed by atoms with E-state index in [2.05, 4.69) is 17.1 Å². The Labute approximate surface area is 97.0 Å². The molecule has 0 aromatic heterocycles. The number of likely N-dealkylation sites (tertiary alicyclic amines) is 1. The molecule has 2 saturated heterocycles. The van der Waals surface area contributed by atoms with Gasteiger partial charge in [-0.2, -0.15) is 0 Å². The Morgan fingerprint density at radius 1 is 1.44 bits per heavy atom. The van der Waals surface area contributed by atoms with Gasteiger partial charge < -0.3 is 10.4 Å². The van der Waals surface area contributed by atoms with Crippen molar-refractivity contribution in [2.75, 3.05) is 19.6 Å². The minimum Gasteiger partial charge on any atom is -0.481 e. The van der Waals surface area contributed by atoms with E-state index < -0.39 is 5.97 Å². The topological polar surface area (TPSA) is 52.6 Å². The summed E-state index contributed by atoms with van der Waals surface area (Å²) in [7, 11) is 0. The normalized spacial score (nSPS) is 38.3. The first-order valence-corrected chi connectivity index (χ1v) is 6.21. The summed E-state index contributed by atoms with van der Waals surface area (Å²) in [5.41, 5.74) is 0. The number of fused-ring (bicyclic) bond motifs is 1. The molecule has 4 nitrogen and oxygen atoms in total. The highest BCUT2D eigenvalue weighted by Crippen LogP contribution is 2.34. The Balaban J connectivity index is 2.03. The van der Waals surface area contributed by atoms with Gasteiger partial charge in [-0.05, 0) is 38.8 Å². The quantitative estimate of drug-likeness (QED) is 0.741. The predicted octanol–water partition coefficient (Wildman–Crippen LogP) is 0.635. The molecule has 0 amide bonds. The Bertz CT molecular complexity index is 282. The summed E-state index contributed by atoms with van der Waals surface area (Å²) in [5.74, 6) is 0.464. The fraction of sp³-hybridized carbons (Fsp3) is 0.917. The summed E-state index contributed by atoms with van der Waals surface area (Å²) < 4.78 is 0. The van der Waals surface area contributed by atoms with Crippen molar-refractivity contribution in [2.45, 2.75) is 32.9 Å². The van der Waals surface area contributed by atoms with Crippen molar-refractivity contribution in [2.24, 2.45) is 17.8 Å². The Morgan fingerprint density at radius 2 is 2.12 bits per heavy atom. The number of nitrogens with one attached hydrogen (secondary N) is 1. The third-order valence-corrected chi connectivity index (χ3v) is 4.62. The van der Waals surface area contributed by atoms with Gasteiger partial charge in [0.15, 0.2) is 0 Å². The van der Waals surface area contributed by atoms with E-state index in [1.165, 1.54) is 0 Å². The van der Waals surface area contributed by atoms with Crippen LogP contribution in [0.5, 0.6) is 0 Å². The largest absolute Gasteiger partial charge is 0.481 e. The van der Waals surface area contributed by atoms with Gasteiger partial charge in [-0.25, -0.2) is 0 Å². The van der Waals surface area contributed by atoms with E-state index in [0.29, 0.717) is 12.0 Å². The lowest BCUT2D eigenvalue weighted by Gasteiger charge is -2.32. The maximum Gasteiger partial charge on any atom is 0.307 e. The second-order valence-electron chi connectivity index (χ2n) is 5.39. The Kier molecular flexibility index (Phi) is 3.22. The molecular weight excluding hydrogens is 204 g/mol. The van der Waals surface area contributed by atoms with E-state index in [9.17, 15) is 4.79 Å². The number of aliphatic carboxylic acids is 1. The first-order valence-electron chi connectivity index (χ1n) is 6.21. The second kappa shape index (κ2) is 4.34. The van der Waals surface area contributed by atoms with Gasteiger partial charge in [-0.3, -0.25) is 9.69 Å². The molecule has 2 heterocycles. The molecule has 2 rings (SSSR count). The summed E-state index contributed by atoms with van der Waals surface area (Å²) >= 11 is 0. The van der Waals surface area contributed by atoms with Crippen LogP contribution in [0.15, 0.2) is 0 Å². The molecule has 0 aliphatic carbocycles. The molecule has 16 heavy (non-hydrogen) atoms. The van der Waals surface area contributed by atoms with Crippen LogP contribution in [-0.2, 0) is 4.79 Å². The number of hydrogen-bond acceptors (Lipinski definition) is 3. The molecule has 92 valence electrons. The van der Waals surface area contributed by atoms with Crippen LogP contribution in [0.2, 0.25) is 0 Å². The van der Waals surface area contributed by atoms with E-state index in [1.807, 2.05) is 13.8 Å². The average Bonchev–Trinajstić information content (AvgIpc) is 2.79. The van der Waals surface area contributed by atoms with Crippen LogP contribution in [0.3, 0.4) is 0 Å². The van der Waals surface area contributed by atoms with Crippen LogP contribution < -0.4 is 5.32 Å². The molecule has 0 saturated carbocycles. The molecule has 5 atom stereocenters. The van der Waals surface area contributed by atoms with Crippen LogP contribution in [0, 0.1) is 17.8 Å². The summed E-state index contributed by atoms with van der Waals surface area (Å²) in [6.45, 7) is 9.34. The van der Waals surface area contributed by atoms with Gasteiger partial charge in [0.05, 0.1) is 5.92 Å². The van der Waals surface area contributed by atoms with Crippen molar-refractivity contribution < 1.29 is 9.90 Å². The Hall–Kier alpha value is -0.610. The molecule has 4 heteroatoms. The minimum absolute atomic E-state index is 0.137. The molecule has 0 bridgehead atoms. The van der Waals surface area contributed by atoms with Crippen LogP contribution in [0.25, 0.3) is 0 Å². The van der Waals surface area contributed by atoms with Gasteiger partial charge in [0.1, 0.15) is 0 Å². The first-order chi connectivity index (χ1) is 7.52. The summed E-state index contributed by atoms with van der Waals surface area (Å²) in [6.07, 6.45) is 0. The molecule has 0 aromatic carbocycles. The number of carbonyl (C=O) groups is 1. The zero-order chi connectivity index (χ0) is 11.9. The third-order valence-electron chi connectivity index (χ3n) is 4.62. The fourth-order valence-corrected chi connectivity index (χ4v) is 3.23. The molecule has 5 unspecified atom stereocenters. The van der Waals surface area contributed by atoms with E-state index >= 15 is 0 Å². The monoisotopic (exact) mass is 226 g/mol. The van der Waals surface area contributed by atoms with Crippen LogP contribution in [0.1, 0.15) is 20.8 Å². The number of carboxylic acids is 1. The zero-order valence-electron chi connectivity index (χ0n) is 10.3. The maximum absolute atomic E-state index is 11.0. The summed E-state index contributed by atoms with van der Waals surface area (Å²) in [4.78, 5) is 13.4. The molecule has 0 aromatic rings. The van der Waals surface area contributed by atoms with E-state index in [4.69, 9.17) is 5.11 Å². The molecule has 2 aliphatic heterocycles. The molecule has 2 N–H and O–H groups in total. The molecule has 2 fully saturated rings. The molecule has 0 radical (unpaired) electrons. The highest BCUT2D eigenvalue weighted by atomic mass is 16.4. The van der Waals surface area contributed by atoms with E-state index in [1.54, 1.807) is 0 Å². The average molecular weight is 226 g/mol.